The Hall–Kier alpha value is -1.40. The minimum Gasteiger partial charge on any atom is -0.481 e. The Kier molecular flexibility index (Phi) is 6.18. The van der Waals surface area contributed by atoms with Gasteiger partial charge in [-0.3, -0.25) is 13.8 Å². The number of hydrogen-bond donors (Lipinski definition) is 2. The second kappa shape index (κ2) is 7.93. The van der Waals surface area contributed by atoms with Crippen molar-refractivity contribution in [2.45, 2.75) is 31.4 Å². The highest BCUT2D eigenvalue weighted by atomic mass is 35.5. The lowest BCUT2D eigenvalue weighted by molar-refractivity contribution is -0.143. The van der Waals surface area contributed by atoms with Crippen molar-refractivity contribution in [1.29, 1.82) is 0 Å². The monoisotopic (exact) mass is 357 g/mol. The zero-order valence-electron chi connectivity index (χ0n) is 12.9. The van der Waals surface area contributed by atoms with Crippen LogP contribution in [0.3, 0.4) is 0 Å². The molecule has 0 aliphatic heterocycles. The van der Waals surface area contributed by atoms with E-state index in [4.69, 9.17) is 16.7 Å². The summed E-state index contributed by atoms with van der Waals surface area (Å²) in [6.07, 6.45) is 3.84. The molecule has 0 heterocycles. The Bertz CT molecular complexity index is 627. The summed E-state index contributed by atoms with van der Waals surface area (Å²) in [5, 5.41) is 12.4. The molecular weight excluding hydrogens is 338 g/mol. The predicted molar refractivity (Wildman–Crippen MR) is 90.9 cm³/mol. The second-order valence-corrected chi connectivity index (χ2v) is 7.74. The van der Waals surface area contributed by atoms with Crippen molar-refractivity contribution in [1.82, 2.24) is 0 Å². The molecule has 0 radical (unpaired) electrons. The van der Waals surface area contributed by atoms with E-state index >= 15 is 0 Å². The molecule has 1 aliphatic carbocycles. The lowest BCUT2D eigenvalue weighted by atomic mass is 9.81. The number of rotatable bonds is 5. The highest BCUT2D eigenvalue weighted by molar-refractivity contribution is 7.83. The molecule has 1 aliphatic rings. The normalized spacial score (nSPS) is 22.3. The molecule has 2 N–H and O–H groups in total. The van der Waals surface area contributed by atoms with Gasteiger partial charge in [0.2, 0.25) is 5.91 Å². The Morgan fingerprint density at radius 2 is 1.87 bits per heavy atom. The number of carbonyl (C=O) groups excluding carboxylic acids is 1. The Morgan fingerprint density at radius 1 is 1.26 bits per heavy atom. The van der Waals surface area contributed by atoms with Gasteiger partial charge in [0.15, 0.2) is 0 Å². The molecule has 0 saturated heterocycles. The summed E-state index contributed by atoms with van der Waals surface area (Å²) in [5.41, 5.74) is 1.36. The van der Waals surface area contributed by atoms with E-state index in [9.17, 15) is 13.8 Å². The lowest BCUT2D eigenvalue weighted by Gasteiger charge is -2.25. The van der Waals surface area contributed by atoms with E-state index in [-0.39, 0.29) is 17.7 Å². The average Bonchev–Trinajstić information content (AvgIpc) is 2.50. The number of anilines is 1. The first-order valence-electron chi connectivity index (χ1n) is 7.49. The van der Waals surface area contributed by atoms with Crippen LogP contribution >= 0.6 is 11.6 Å². The molecule has 0 bridgehead atoms. The van der Waals surface area contributed by atoms with Gasteiger partial charge in [-0.05, 0) is 49.4 Å². The molecule has 7 heteroatoms. The van der Waals surface area contributed by atoms with E-state index in [1.165, 1.54) is 0 Å². The van der Waals surface area contributed by atoms with Crippen LogP contribution in [0.5, 0.6) is 0 Å². The van der Waals surface area contributed by atoms with Crippen LogP contribution in [0.25, 0.3) is 0 Å². The van der Waals surface area contributed by atoms with E-state index < -0.39 is 16.8 Å². The van der Waals surface area contributed by atoms with Gasteiger partial charge in [0.1, 0.15) is 0 Å². The number of hydrogen-bond acceptors (Lipinski definition) is 3. The molecule has 1 atom stereocenters. The van der Waals surface area contributed by atoms with E-state index in [1.54, 1.807) is 24.5 Å². The number of amides is 1. The third-order valence-corrected chi connectivity index (χ3v) is 5.21. The smallest absolute Gasteiger partial charge is 0.306 e. The number of carboxylic acid groups (broad SMARTS) is 1. The van der Waals surface area contributed by atoms with E-state index in [0.29, 0.717) is 42.1 Å². The largest absolute Gasteiger partial charge is 0.481 e. The minimum absolute atomic E-state index is 0.0975. The number of nitrogens with one attached hydrogen (secondary N) is 1. The quantitative estimate of drug-likeness (QED) is 0.848. The molecule has 2 rings (SSSR count). The minimum atomic E-state index is -1.01. The number of halogens is 1. The number of aliphatic carboxylic acids is 1. The maximum atomic E-state index is 12.3. The lowest BCUT2D eigenvalue weighted by Crippen LogP contribution is -2.29. The third kappa shape index (κ3) is 5.04. The molecule has 1 aromatic carbocycles. The SMILES string of the molecule is CS(=O)Cc1cc(NC(=O)C2CCC(C(=O)O)CC2)ccc1Cl. The van der Waals surface area contributed by atoms with Crippen LogP contribution in [0, 0.1) is 11.8 Å². The summed E-state index contributed by atoms with van der Waals surface area (Å²) in [6.45, 7) is 0. The van der Waals surface area contributed by atoms with Crippen LogP contribution in [0.15, 0.2) is 18.2 Å². The van der Waals surface area contributed by atoms with Crippen molar-refractivity contribution in [2.75, 3.05) is 11.6 Å². The average molecular weight is 358 g/mol. The fraction of sp³-hybridized carbons (Fsp3) is 0.500. The first-order valence-corrected chi connectivity index (χ1v) is 9.59. The molecule has 0 spiro atoms. The second-order valence-electron chi connectivity index (χ2n) is 5.90. The van der Waals surface area contributed by atoms with E-state index in [0.717, 1.165) is 5.56 Å². The molecule has 1 saturated carbocycles. The Labute approximate surface area is 142 Å². The van der Waals surface area contributed by atoms with Gasteiger partial charge in [0.05, 0.1) is 5.92 Å². The number of benzene rings is 1. The molecule has 1 unspecified atom stereocenters. The number of carbonyl (C=O) groups is 2. The van der Waals surface area contributed by atoms with Crippen molar-refractivity contribution in [3.05, 3.63) is 28.8 Å². The summed E-state index contributed by atoms with van der Waals surface area (Å²) >= 11 is 6.07. The topological polar surface area (TPSA) is 83.5 Å². The van der Waals surface area contributed by atoms with Gasteiger partial charge in [-0.15, -0.1) is 0 Å². The predicted octanol–water partition coefficient (Wildman–Crippen LogP) is 3.05. The Balaban J connectivity index is 1.98. The maximum Gasteiger partial charge on any atom is 0.306 e. The fourth-order valence-electron chi connectivity index (χ4n) is 2.83. The number of carboxylic acids is 1. The molecule has 5 nitrogen and oxygen atoms in total. The standard InChI is InChI=1S/C16H20ClNO4S/c1-23(22)9-12-8-13(6-7-14(12)17)18-15(19)10-2-4-11(5-3-10)16(20)21/h6-8,10-11H,2-5,9H2,1H3,(H,18,19)(H,20,21). The highest BCUT2D eigenvalue weighted by Gasteiger charge is 2.29. The molecule has 1 fully saturated rings. The van der Waals surface area contributed by atoms with Crippen molar-refractivity contribution < 1.29 is 18.9 Å². The first-order chi connectivity index (χ1) is 10.9. The van der Waals surface area contributed by atoms with E-state index in [2.05, 4.69) is 5.32 Å². The molecule has 23 heavy (non-hydrogen) atoms. The summed E-state index contributed by atoms with van der Waals surface area (Å²) in [7, 11) is -1.01. The third-order valence-electron chi connectivity index (χ3n) is 4.12. The van der Waals surface area contributed by atoms with E-state index in [1.807, 2.05) is 0 Å². The molecule has 126 valence electrons. The van der Waals surface area contributed by atoms with Gasteiger partial charge in [0, 0.05) is 39.4 Å². The van der Waals surface area contributed by atoms with Gasteiger partial charge >= 0.3 is 5.97 Å². The molecule has 0 aromatic heterocycles. The zero-order chi connectivity index (χ0) is 17.0. The van der Waals surface area contributed by atoms with Crippen LogP contribution in [-0.2, 0) is 26.1 Å². The van der Waals surface area contributed by atoms with Gasteiger partial charge in [-0.1, -0.05) is 11.6 Å². The summed E-state index contributed by atoms with van der Waals surface area (Å²) in [6, 6.07) is 5.14. The zero-order valence-corrected chi connectivity index (χ0v) is 14.5. The van der Waals surface area contributed by atoms with Crippen molar-refractivity contribution in [3.63, 3.8) is 0 Å². The van der Waals surface area contributed by atoms with Crippen LogP contribution in [0.1, 0.15) is 31.2 Å². The van der Waals surface area contributed by atoms with Crippen LogP contribution in [-0.4, -0.2) is 27.4 Å². The van der Waals surface area contributed by atoms with Crippen LogP contribution in [0.4, 0.5) is 5.69 Å². The van der Waals surface area contributed by atoms with Gasteiger partial charge < -0.3 is 10.4 Å². The van der Waals surface area contributed by atoms with Gasteiger partial charge in [-0.2, -0.15) is 0 Å². The summed E-state index contributed by atoms with van der Waals surface area (Å²) in [4.78, 5) is 23.3. The van der Waals surface area contributed by atoms with Gasteiger partial charge in [0.25, 0.3) is 0 Å². The van der Waals surface area contributed by atoms with Gasteiger partial charge in [-0.25, -0.2) is 0 Å². The first kappa shape index (κ1) is 17.9. The van der Waals surface area contributed by atoms with Crippen LogP contribution < -0.4 is 5.32 Å². The van der Waals surface area contributed by atoms with Crippen molar-refractivity contribution >= 4 is 40.0 Å². The Morgan fingerprint density at radius 3 is 2.43 bits per heavy atom. The summed E-state index contributed by atoms with van der Waals surface area (Å²) < 4.78 is 11.3. The maximum absolute atomic E-state index is 12.3. The van der Waals surface area contributed by atoms with Crippen molar-refractivity contribution in [2.24, 2.45) is 11.8 Å². The molecule has 1 aromatic rings. The fourth-order valence-corrected chi connectivity index (χ4v) is 3.77. The van der Waals surface area contributed by atoms with Crippen molar-refractivity contribution in [3.8, 4) is 0 Å². The molecule has 1 amide bonds. The summed E-state index contributed by atoms with van der Waals surface area (Å²) in [5.74, 6) is -1.03. The molecular formula is C16H20ClNO4S. The highest BCUT2D eigenvalue weighted by Crippen LogP contribution is 2.30. The van der Waals surface area contributed by atoms with Crippen LogP contribution in [0.2, 0.25) is 5.02 Å².